The van der Waals surface area contributed by atoms with E-state index in [0.29, 0.717) is 17.4 Å². The molecule has 0 aliphatic carbocycles. The number of nitrogens with zero attached hydrogens (tertiary/aromatic N) is 1. The summed E-state index contributed by atoms with van der Waals surface area (Å²) in [7, 11) is 5.93. The molecule has 0 heterocycles. The molecule has 0 spiro atoms. The number of carbonyl (C=O) groups excluding carboxylic acids is 3. The number of unbranched alkanes of at least 4 members (excludes halogenated alkanes) is 30. The van der Waals surface area contributed by atoms with E-state index in [1.54, 1.807) is 0 Å². The molecule has 0 N–H and O–H groups in total. The average molecular weight is 1130 g/mol. The summed E-state index contributed by atoms with van der Waals surface area (Å²) in [6, 6.07) is 0. The maximum absolute atomic E-state index is 12.9. The summed E-state index contributed by atoms with van der Waals surface area (Å²) in [5.41, 5.74) is 0. The number of hydrogen-bond acceptors (Lipinski definition) is 8. The van der Waals surface area contributed by atoms with E-state index in [4.69, 9.17) is 18.9 Å². The van der Waals surface area contributed by atoms with Crippen LogP contribution in [0.5, 0.6) is 0 Å². The molecule has 2 atom stereocenters. The predicted molar refractivity (Wildman–Crippen MR) is 343 cm³/mol. The molecule has 0 rings (SSSR count). The molecule has 0 radical (unpaired) electrons. The van der Waals surface area contributed by atoms with Gasteiger partial charge in [-0.05, 0) is 96.3 Å². The van der Waals surface area contributed by atoms with Crippen LogP contribution in [-0.2, 0) is 33.3 Å². The van der Waals surface area contributed by atoms with Crippen molar-refractivity contribution in [3.63, 3.8) is 0 Å². The molecule has 9 nitrogen and oxygen atoms in total. The molecule has 2 unspecified atom stereocenters. The molecule has 466 valence electrons. The Labute approximate surface area is 499 Å². The zero-order chi connectivity index (χ0) is 59.1. The van der Waals surface area contributed by atoms with E-state index in [9.17, 15) is 19.5 Å². The normalized spacial score (nSPS) is 13.3. The second-order valence-electron chi connectivity index (χ2n) is 23.4. The molecule has 0 aliphatic rings. The number of allylic oxidation sites excluding steroid dienone is 16. The minimum atomic E-state index is -1.63. The summed E-state index contributed by atoms with van der Waals surface area (Å²) in [5, 5.41) is 11.8. The fourth-order valence-corrected chi connectivity index (χ4v) is 9.22. The molecule has 0 aromatic rings. The molecular weight excluding hydrogens is 1010 g/mol. The number of likely N-dealkylation sites (N-methyl/N-ethyl adjacent to an activating group) is 1. The fourth-order valence-electron chi connectivity index (χ4n) is 9.22. The second-order valence-corrected chi connectivity index (χ2v) is 23.4. The maximum atomic E-state index is 12.9. The van der Waals surface area contributed by atoms with Gasteiger partial charge in [0.2, 0.25) is 0 Å². The summed E-state index contributed by atoms with van der Waals surface area (Å²) in [4.78, 5) is 37.4. The summed E-state index contributed by atoms with van der Waals surface area (Å²) in [5.74, 6) is -2.28. The summed E-state index contributed by atoms with van der Waals surface area (Å²) in [6.45, 7) is 4.64. The highest BCUT2D eigenvalue weighted by Crippen LogP contribution is 2.17. The lowest BCUT2D eigenvalue weighted by molar-refractivity contribution is -0.870. The van der Waals surface area contributed by atoms with E-state index in [-0.39, 0.29) is 38.6 Å². The molecule has 0 saturated carbocycles. The number of hydrogen-bond donors (Lipinski definition) is 0. The van der Waals surface area contributed by atoms with Crippen molar-refractivity contribution in [2.24, 2.45) is 0 Å². The third-order valence-electron chi connectivity index (χ3n) is 14.3. The van der Waals surface area contributed by atoms with Crippen LogP contribution in [0.4, 0.5) is 0 Å². The molecule has 0 aromatic carbocycles. The molecular formula is C72H125NO8. The minimum absolute atomic E-state index is 0.144. The van der Waals surface area contributed by atoms with Gasteiger partial charge in [0.1, 0.15) is 13.2 Å². The Morgan fingerprint density at radius 2 is 0.704 bits per heavy atom. The Morgan fingerprint density at radius 1 is 0.383 bits per heavy atom. The molecule has 0 bridgehead atoms. The van der Waals surface area contributed by atoms with Crippen molar-refractivity contribution in [2.45, 2.75) is 296 Å². The first-order valence-corrected chi connectivity index (χ1v) is 33.4. The zero-order valence-corrected chi connectivity index (χ0v) is 53.1. The third-order valence-corrected chi connectivity index (χ3v) is 14.3. The highest BCUT2D eigenvalue weighted by Gasteiger charge is 2.22. The summed E-state index contributed by atoms with van der Waals surface area (Å²) in [6.07, 6.45) is 81.8. The van der Waals surface area contributed by atoms with Gasteiger partial charge in [0.05, 0.1) is 40.3 Å². The van der Waals surface area contributed by atoms with Gasteiger partial charge in [0.25, 0.3) is 0 Å². The Hall–Kier alpha value is -3.79. The van der Waals surface area contributed by atoms with Crippen molar-refractivity contribution in [3.8, 4) is 0 Å². The minimum Gasteiger partial charge on any atom is -0.545 e. The topological polar surface area (TPSA) is 111 Å². The van der Waals surface area contributed by atoms with Crippen molar-refractivity contribution < 1.29 is 42.9 Å². The SMILES string of the molecule is CC/C=C\C/C=C\C/C=C\C/C=C\C/C=C\C/C=C\CCCCCCCCCCCCCCCCC(=O)OC(COC(=O)CCCCCCCCCCCCC/C=C\C/C=C\CCCCCCC)COC(OCC[N+](C)(C)C)C(=O)[O-]. The van der Waals surface area contributed by atoms with E-state index < -0.39 is 24.3 Å². The van der Waals surface area contributed by atoms with Gasteiger partial charge in [-0.25, -0.2) is 0 Å². The van der Waals surface area contributed by atoms with Crippen LogP contribution >= 0.6 is 0 Å². The smallest absolute Gasteiger partial charge is 0.306 e. The Balaban J connectivity index is 4.15. The molecule has 9 heteroatoms. The van der Waals surface area contributed by atoms with Gasteiger partial charge in [0.15, 0.2) is 12.4 Å². The maximum Gasteiger partial charge on any atom is 0.306 e. The average Bonchev–Trinajstić information content (AvgIpc) is 3.44. The van der Waals surface area contributed by atoms with E-state index in [1.807, 2.05) is 21.1 Å². The lowest BCUT2D eigenvalue weighted by Gasteiger charge is -2.26. The molecule has 0 fully saturated rings. The first-order chi connectivity index (χ1) is 39.6. The van der Waals surface area contributed by atoms with E-state index in [1.165, 1.54) is 167 Å². The van der Waals surface area contributed by atoms with Crippen molar-refractivity contribution in [2.75, 3.05) is 47.5 Å². The molecule has 81 heavy (non-hydrogen) atoms. The van der Waals surface area contributed by atoms with Crippen LogP contribution in [0.15, 0.2) is 97.2 Å². The Bertz CT molecular complexity index is 1650. The first kappa shape index (κ1) is 77.2. The van der Waals surface area contributed by atoms with Crippen molar-refractivity contribution >= 4 is 17.9 Å². The van der Waals surface area contributed by atoms with Gasteiger partial charge in [-0.1, -0.05) is 272 Å². The van der Waals surface area contributed by atoms with Crippen molar-refractivity contribution in [3.05, 3.63) is 97.2 Å². The highest BCUT2D eigenvalue weighted by molar-refractivity contribution is 5.70. The number of esters is 2. The van der Waals surface area contributed by atoms with Crippen LogP contribution in [0.25, 0.3) is 0 Å². The highest BCUT2D eigenvalue weighted by atomic mass is 16.7. The quantitative estimate of drug-likeness (QED) is 0.0195. The van der Waals surface area contributed by atoms with Crippen LogP contribution in [0.2, 0.25) is 0 Å². The van der Waals surface area contributed by atoms with Crippen molar-refractivity contribution in [1.29, 1.82) is 0 Å². The van der Waals surface area contributed by atoms with Gasteiger partial charge in [-0.3, -0.25) is 9.59 Å². The number of aliphatic carboxylic acids is 1. The van der Waals surface area contributed by atoms with Gasteiger partial charge in [-0.2, -0.15) is 0 Å². The van der Waals surface area contributed by atoms with Gasteiger partial charge >= 0.3 is 11.9 Å². The second kappa shape index (κ2) is 62.3. The Morgan fingerprint density at radius 3 is 1.05 bits per heavy atom. The summed E-state index contributed by atoms with van der Waals surface area (Å²) < 4.78 is 22.8. The fraction of sp³-hybridized carbons (Fsp3) is 0.736. The van der Waals surface area contributed by atoms with Crippen LogP contribution in [0, 0.1) is 0 Å². The molecule has 0 amide bonds. The number of quaternary nitrogens is 1. The van der Waals surface area contributed by atoms with Gasteiger partial charge in [-0.15, -0.1) is 0 Å². The predicted octanol–water partition coefficient (Wildman–Crippen LogP) is 19.1. The standard InChI is InChI=1S/C72H125NO8/c1-6-8-10-12-14-16-18-20-22-24-26-28-30-31-32-33-34-35-36-37-38-39-41-43-45-47-49-51-53-55-57-59-61-63-70(75)81-68(67-80-72(71(76)77)78-65-64-73(3,4)5)66-79-69(74)62-60-58-56-54-52-50-48-46-44-42-40-29-27-25-23-21-19-17-15-13-11-9-7-2/h8,10,14,16,19-22,25-28,31-32,34-35,68,72H,6-7,9,11-13,15,17-18,23-24,29-30,33,36-67H2,1-5H3/b10-8-,16-14-,21-19-,22-20-,27-25-,28-26-,32-31-,35-34-. The van der Waals surface area contributed by atoms with Crippen LogP contribution < -0.4 is 5.11 Å². The Kier molecular flexibility index (Phi) is 59.3. The largest absolute Gasteiger partial charge is 0.545 e. The number of carboxylic acid groups (broad SMARTS) is 1. The van der Waals surface area contributed by atoms with E-state index >= 15 is 0 Å². The molecule has 0 aromatic heterocycles. The van der Waals surface area contributed by atoms with E-state index in [0.717, 1.165) is 83.5 Å². The van der Waals surface area contributed by atoms with Crippen LogP contribution in [0.3, 0.4) is 0 Å². The number of carboxylic acids is 1. The van der Waals surface area contributed by atoms with Crippen molar-refractivity contribution in [1.82, 2.24) is 0 Å². The molecule has 0 saturated heterocycles. The third kappa shape index (κ3) is 63.6. The lowest BCUT2D eigenvalue weighted by Crippen LogP contribution is -2.44. The van der Waals surface area contributed by atoms with Crippen LogP contribution in [-0.4, -0.2) is 82.3 Å². The van der Waals surface area contributed by atoms with Gasteiger partial charge in [0, 0.05) is 12.8 Å². The van der Waals surface area contributed by atoms with Gasteiger partial charge < -0.3 is 33.3 Å². The number of ether oxygens (including phenoxy) is 4. The number of carbonyl (C=O) groups is 3. The number of rotatable bonds is 61. The summed E-state index contributed by atoms with van der Waals surface area (Å²) >= 11 is 0. The zero-order valence-electron chi connectivity index (χ0n) is 53.1. The van der Waals surface area contributed by atoms with E-state index in [2.05, 4.69) is 111 Å². The molecule has 0 aliphatic heterocycles. The lowest BCUT2D eigenvalue weighted by atomic mass is 10.0. The monoisotopic (exact) mass is 1130 g/mol. The first-order valence-electron chi connectivity index (χ1n) is 33.4. The van der Waals surface area contributed by atoms with Crippen LogP contribution in [0.1, 0.15) is 284 Å².